The minimum Gasteiger partial charge on any atom is -0.299 e. The molecule has 0 saturated heterocycles. The second kappa shape index (κ2) is 5.26. The number of hydrogen-bond acceptors (Lipinski definition) is 1. The van der Waals surface area contributed by atoms with Crippen LogP contribution in [-0.4, -0.2) is 5.78 Å². The third-order valence-corrected chi connectivity index (χ3v) is 2.65. The van der Waals surface area contributed by atoms with Crippen molar-refractivity contribution in [1.29, 1.82) is 0 Å². The molecule has 1 rings (SSSR count). The van der Waals surface area contributed by atoms with Gasteiger partial charge >= 0.3 is 0 Å². The third-order valence-electron chi connectivity index (χ3n) is 2.30. The number of halogens is 2. The van der Waals surface area contributed by atoms with Crippen molar-refractivity contribution < 1.29 is 9.18 Å². The van der Waals surface area contributed by atoms with Crippen molar-refractivity contribution in [3.63, 3.8) is 0 Å². The Kier molecular flexibility index (Phi) is 4.28. The number of rotatable bonds is 4. The first kappa shape index (κ1) is 12.2. The van der Waals surface area contributed by atoms with Gasteiger partial charge in [-0.2, -0.15) is 0 Å². The van der Waals surface area contributed by atoms with Gasteiger partial charge in [-0.15, -0.1) is 0 Å². The van der Waals surface area contributed by atoms with Crippen LogP contribution in [0.15, 0.2) is 18.2 Å². The maximum Gasteiger partial charge on any atom is 0.135 e. The SMILES string of the molecule is CC(C)C(=O)CCc1ccc(F)cc1Cl. The molecule has 0 aromatic heterocycles. The van der Waals surface area contributed by atoms with Gasteiger partial charge in [-0.25, -0.2) is 4.39 Å². The Balaban J connectivity index is 2.62. The van der Waals surface area contributed by atoms with E-state index in [1.54, 1.807) is 6.07 Å². The molecule has 0 amide bonds. The van der Waals surface area contributed by atoms with Crippen molar-refractivity contribution in [2.24, 2.45) is 5.92 Å². The number of hydrogen-bond donors (Lipinski definition) is 0. The van der Waals surface area contributed by atoms with Gasteiger partial charge in [0.15, 0.2) is 0 Å². The van der Waals surface area contributed by atoms with Crippen molar-refractivity contribution >= 4 is 17.4 Å². The van der Waals surface area contributed by atoms with E-state index >= 15 is 0 Å². The molecule has 82 valence electrons. The van der Waals surface area contributed by atoms with E-state index in [4.69, 9.17) is 11.6 Å². The normalized spacial score (nSPS) is 10.7. The minimum atomic E-state index is -0.348. The molecular formula is C12H14ClFO. The molecule has 0 radical (unpaired) electrons. The summed E-state index contributed by atoms with van der Waals surface area (Å²) in [6.45, 7) is 3.74. The van der Waals surface area contributed by atoms with E-state index in [-0.39, 0.29) is 17.5 Å². The number of benzene rings is 1. The second-order valence-electron chi connectivity index (χ2n) is 3.86. The van der Waals surface area contributed by atoms with Crippen LogP contribution in [-0.2, 0) is 11.2 Å². The maximum absolute atomic E-state index is 12.7. The Labute approximate surface area is 94.3 Å². The monoisotopic (exact) mass is 228 g/mol. The smallest absolute Gasteiger partial charge is 0.135 e. The predicted molar refractivity (Wildman–Crippen MR) is 59.6 cm³/mol. The van der Waals surface area contributed by atoms with Crippen LogP contribution in [0.2, 0.25) is 5.02 Å². The van der Waals surface area contributed by atoms with Gasteiger partial charge in [-0.1, -0.05) is 31.5 Å². The van der Waals surface area contributed by atoms with E-state index in [9.17, 15) is 9.18 Å². The summed E-state index contributed by atoms with van der Waals surface area (Å²) in [7, 11) is 0. The molecule has 0 unspecified atom stereocenters. The molecular weight excluding hydrogens is 215 g/mol. The number of Topliss-reactive ketones (excluding diaryl/α,β-unsaturated/α-hetero) is 1. The van der Waals surface area contributed by atoms with Crippen LogP contribution in [0, 0.1) is 11.7 Å². The van der Waals surface area contributed by atoms with Crippen molar-refractivity contribution in [2.75, 3.05) is 0 Å². The summed E-state index contributed by atoms with van der Waals surface area (Å²) in [5.41, 5.74) is 0.826. The zero-order valence-corrected chi connectivity index (χ0v) is 9.64. The second-order valence-corrected chi connectivity index (χ2v) is 4.26. The van der Waals surface area contributed by atoms with Crippen LogP contribution < -0.4 is 0 Å². The summed E-state index contributed by atoms with van der Waals surface area (Å²) in [6.07, 6.45) is 1.04. The van der Waals surface area contributed by atoms with E-state index in [2.05, 4.69) is 0 Å². The Bertz CT molecular complexity index is 361. The Morgan fingerprint density at radius 3 is 2.67 bits per heavy atom. The largest absolute Gasteiger partial charge is 0.299 e. The number of ketones is 1. The highest BCUT2D eigenvalue weighted by Gasteiger charge is 2.09. The van der Waals surface area contributed by atoms with Gasteiger partial charge in [0, 0.05) is 17.4 Å². The van der Waals surface area contributed by atoms with Crippen molar-refractivity contribution in [2.45, 2.75) is 26.7 Å². The fourth-order valence-electron chi connectivity index (χ4n) is 1.27. The highest BCUT2D eigenvalue weighted by Crippen LogP contribution is 2.19. The van der Waals surface area contributed by atoms with Crippen molar-refractivity contribution in [1.82, 2.24) is 0 Å². The van der Waals surface area contributed by atoms with Crippen LogP contribution in [0.3, 0.4) is 0 Å². The van der Waals surface area contributed by atoms with Crippen LogP contribution >= 0.6 is 11.6 Å². The van der Waals surface area contributed by atoms with Crippen LogP contribution in [0.1, 0.15) is 25.8 Å². The zero-order valence-electron chi connectivity index (χ0n) is 8.89. The maximum atomic E-state index is 12.7. The zero-order chi connectivity index (χ0) is 11.4. The molecule has 1 aromatic rings. The van der Waals surface area contributed by atoms with Gasteiger partial charge in [0.2, 0.25) is 0 Å². The molecule has 1 aromatic carbocycles. The summed E-state index contributed by atoms with van der Waals surface area (Å²) in [6, 6.07) is 4.27. The first-order chi connectivity index (χ1) is 7.00. The quantitative estimate of drug-likeness (QED) is 0.769. The summed E-state index contributed by atoms with van der Waals surface area (Å²) in [5.74, 6) is -0.0986. The molecule has 0 N–H and O–H groups in total. The molecule has 0 aliphatic rings. The van der Waals surface area contributed by atoms with E-state index in [1.165, 1.54) is 12.1 Å². The molecule has 0 bridgehead atoms. The molecule has 0 fully saturated rings. The number of carbonyl (C=O) groups is 1. The summed E-state index contributed by atoms with van der Waals surface area (Å²) < 4.78 is 12.7. The fourth-order valence-corrected chi connectivity index (χ4v) is 1.53. The van der Waals surface area contributed by atoms with Crippen LogP contribution in [0.25, 0.3) is 0 Å². The van der Waals surface area contributed by atoms with Crippen molar-refractivity contribution in [3.05, 3.63) is 34.6 Å². The summed E-state index contributed by atoms with van der Waals surface area (Å²) in [4.78, 5) is 11.4. The lowest BCUT2D eigenvalue weighted by atomic mass is 10.0. The van der Waals surface area contributed by atoms with E-state index < -0.39 is 0 Å². The Hall–Kier alpha value is -0.890. The summed E-state index contributed by atoms with van der Waals surface area (Å²) in [5, 5.41) is 0.395. The van der Waals surface area contributed by atoms with Gasteiger partial charge in [0.1, 0.15) is 11.6 Å². The topological polar surface area (TPSA) is 17.1 Å². The van der Waals surface area contributed by atoms with E-state index in [0.29, 0.717) is 17.9 Å². The van der Waals surface area contributed by atoms with E-state index in [1.807, 2.05) is 13.8 Å². The molecule has 0 aliphatic heterocycles. The van der Waals surface area contributed by atoms with Gasteiger partial charge < -0.3 is 0 Å². The third kappa shape index (κ3) is 3.63. The first-order valence-electron chi connectivity index (χ1n) is 4.97. The van der Waals surface area contributed by atoms with Crippen molar-refractivity contribution in [3.8, 4) is 0 Å². The molecule has 0 aliphatic carbocycles. The lowest BCUT2D eigenvalue weighted by Crippen LogP contribution is -2.08. The lowest BCUT2D eigenvalue weighted by Gasteiger charge is -2.05. The fraction of sp³-hybridized carbons (Fsp3) is 0.417. The number of carbonyl (C=O) groups excluding carboxylic acids is 1. The molecule has 0 saturated carbocycles. The average Bonchev–Trinajstić information content (AvgIpc) is 2.15. The standard InChI is InChI=1S/C12H14ClFO/c1-8(2)12(15)6-4-9-3-5-10(14)7-11(9)13/h3,5,7-8H,4,6H2,1-2H3. The van der Waals surface area contributed by atoms with Gasteiger partial charge in [0.25, 0.3) is 0 Å². The first-order valence-corrected chi connectivity index (χ1v) is 5.35. The molecule has 0 atom stereocenters. The highest BCUT2D eigenvalue weighted by molar-refractivity contribution is 6.31. The summed E-state index contributed by atoms with van der Waals surface area (Å²) >= 11 is 5.84. The predicted octanol–water partition coefficient (Wildman–Crippen LogP) is 3.64. The highest BCUT2D eigenvalue weighted by atomic mass is 35.5. The molecule has 1 nitrogen and oxygen atoms in total. The number of aryl methyl sites for hydroxylation is 1. The molecule has 0 spiro atoms. The molecule has 15 heavy (non-hydrogen) atoms. The molecule has 0 heterocycles. The Morgan fingerprint density at radius 1 is 1.47 bits per heavy atom. The molecule has 3 heteroatoms. The lowest BCUT2D eigenvalue weighted by molar-refractivity contribution is -0.121. The van der Waals surface area contributed by atoms with E-state index in [0.717, 1.165) is 5.56 Å². The minimum absolute atomic E-state index is 0.0456. The van der Waals surface area contributed by atoms with Gasteiger partial charge in [-0.3, -0.25) is 4.79 Å². The van der Waals surface area contributed by atoms with Gasteiger partial charge in [-0.05, 0) is 24.1 Å². The van der Waals surface area contributed by atoms with Crippen LogP contribution in [0.5, 0.6) is 0 Å². The van der Waals surface area contributed by atoms with Crippen LogP contribution in [0.4, 0.5) is 4.39 Å². The average molecular weight is 229 g/mol. The van der Waals surface area contributed by atoms with Gasteiger partial charge in [0.05, 0.1) is 0 Å². The Morgan fingerprint density at radius 2 is 2.13 bits per heavy atom.